The third-order valence-corrected chi connectivity index (χ3v) is 4.92. The van der Waals surface area contributed by atoms with Crippen molar-refractivity contribution in [3.63, 3.8) is 0 Å². The summed E-state index contributed by atoms with van der Waals surface area (Å²) in [5.41, 5.74) is 2.72. The molecule has 0 fully saturated rings. The van der Waals surface area contributed by atoms with E-state index in [9.17, 15) is 4.21 Å². The number of aryl methyl sites for hydroxylation is 1. The number of nitrogens with one attached hydrogen (secondary N) is 1. The Morgan fingerprint density at radius 1 is 1.17 bits per heavy atom. The minimum atomic E-state index is -1.85. The second-order valence-corrected chi connectivity index (χ2v) is 7.22. The second-order valence-electron chi connectivity index (χ2n) is 5.13. The molecule has 1 atom stereocenters. The fourth-order valence-electron chi connectivity index (χ4n) is 1.98. The molecule has 0 saturated heterocycles. The van der Waals surface area contributed by atoms with Gasteiger partial charge in [-0.1, -0.05) is 34.8 Å². The number of hydrogen-bond acceptors (Lipinski definition) is 3. The predicted molar refractivity (Wildman–Crippen MR) is 104 cm³/mol. The van der Waals surface area contributed by atoms with E-state index < -0.39 is 11.3 Å². The first-order valence-corrected chi connectivity index (χ1v) is 9.35. The lowest BCUT2D eigenvalue weighted by molar-refractivity contribution is 0.567. The highest BCUT2D eigenvalue weighted by molar-refractivity contribution is 7.82. The Balaban J connectivity index is 2.13. The molecule has 2 aromatic rings. The van der Waals surface area contributed by atoms with Crippen LogP contribution in [-0.2, 0) is 11.3 Å². The van der Waals surface area contributed by atoms with E-state index in [0.717, 1.165) is 17.8 Å². The summed E-state index contributed by atoms with van der Waals surface area (Å²) < 4.78 is 20.3. The molecule has 2 aromatic carbocycles. The van der Waals surface area contributed by atoms with E-state index in [1.54, 1.807) is 0 Å². The van der Waals surface area contributed by atoms with Gasteiger partial charge in [0.25, 0.3) is 0 Å². The quantitative estimate of drug-likeness (QED) is 0.689. The summed E-state index contributed by atoms with van der Waals surface area (Å²) in [4.78, 5) is 2.11. The molecule has 2 rings (SSSR count). The van der Waals surface area contributed by atoms with E-state index in [1.165, 1.54) is 12.1 Å². The van der Waals surface area contributed by atoms with Crippen LogP contribution in [0, 0.1) is 6.92 Å². The summed E-state index contributed by atoms with van der Waals surface area (Å²) in [5, 5.41) is 0.765. The van der Waals surface area contributed by atoms with Crippen molar-refractivity contribution in [3.8, 4) is 5.75 Å². The molecular weight excluding hydrogens is 391 g/mol. The van der Waals surface area contributed by atoms with E-state index in [1.807, 2.05) is 32.2 Å². The summed E-state index contributed by atoms with van der Waals surface area (Å²) in [6.07, 6.45) is 0. The minimum absolute atomic E-state index is 0.119. The van der Waals surface area contributed by atoms with Gasteiger partial charge in [0, 0.05) is 24.3 Å². The van der Waals surface area contributed by atoms with Crippen LogP contribution in [-0.4, -0.2) is 17.8 Å². The first kappa shape index (κ1) is 19.2. The van der Waals surface area contributed by atoms with Gasteiger partial charge in [0.2, 0.25) is 0 Å². The lowest BCUT2D eigenvalue weighted by Gasteiger charge is -2.18. The van der Waals surface area contributed by atoms with Crippen molar-refractivity contribution in [2.24, 2.45) is 0 Å². The lowest BCUT2D eigenvalue weighted by Crippen LogP contribution is -2.16. The van der Waals surface area contributed by atoms with Crippen LogP contribution < -0.4 is 13.8 Å². The molecule has 0 heterocycles. The molecule has 0 aromatic heterocycles. The molecular formula is C16H17Cl3N2O2S. The van der Waals surface area contributed by atoms with Gasteiger partial charge in [0.1, 0.15) is 0 Å². The van der Waals surface area contributed by atoms with Gasteiger partial charge in [-0.2, -0.15) is 4.21 Å². The lowest BCUT2D eigenvalue weighted by atomic mass is 10.2. The zero-order chi connectivity index (χ0) is 17.9. The van der Waals surface area contributed by atoms with Crippen LogP contribution in [0.4, 0.5) is 11.4 Å². The maximum absolute atomic E-state index is 12.2. The van der Waals surface area contributed by atoms with Crippen molar-refractivity contribution >= 4 is 57.4 Å². The Kier molecular flexibility index (Phi) is 6.63. The van der Waals surface area contributed by atoms with Gasteiger partial charge in [0.15, 0.2) is 5.75 Å². The van der Waals surface area contributed by atoms with Crippen LogP contribution in [0.25, 0.3) is 0 Å². The normalized spacial score (nSPS) is 11.9. The Morgan fingerprint density at radius 3 is 2.33 bits per heavy atom. The number of halogens is 3. The number of nitrogens with zero attached hydrogens (tertiary/aromatic N) is 1. The fraction of sp³-hybridized carbons (Fsp3) is 0.250. The molecule has 24 heavy (non-hydrogen) atoms. The minimum Gasteiger partial charge on any atom is -0.382 e. The number of hydrogen-bond donors (Lipinski definition) is 1. The van der Waals surface area contributed by atoms with Gasteiger partial charge in [-0.15, -0.1) is 0 Å². The van der Waals surface area contributed by atoms with Crippen molar-refractivity contribution in [1.82, 2.24) is 0 Å². The molecule has 4 nitrogen and oxygen atoms in total. The topological polar surface area (TPSA) is 41.6 Å². The van der Waals surface area contributed by atoms with Crippen LogP contribution in [0.5, 0.6) is 5.75 Å². The molecule has 130 valence electrons. The Hall–Kier alpha value is -1.14. The van der Waals surface area contributed by atoms with E-state index in [2.05, 4.69) is 16.5 Å². The summed E-state index contributed by atoms with van der Waals surface area (Å²) in [6, 6.07) is 8.75. The van der Waals surface area contributed by atoms with Crippen LogP contribution in [0.3, 0.4) is 0 Å². The molecule has 0 spiro atoms. The third kappa shape index (κ3) is 4.70. The average Bonchev–Trinajstić information content (AvgIpc) is 2.52. The predicted octanol–water partition coefficient (Wildman–Crippen LogP) is 5.48. The van der Waals surface area contributed by atoms with Gasteiger partial charge in [-0.25, -0.2) is 0 Å². The zero-order valence-electron chi connectivity index (χ0n) is 13.4. The summed E-state index contributed by atoms with van der Waals surface area (Å²) in [6.45, 7) is 4.90. The highest BCUT2D eigenvalue weighted by Crippen LogP contribution is 2.36. The molecule has 0 aliphatic heterocycles. The molecule has 0 radical (unpaired) electrons. The highest BCUT2D eigenvalue weighted by atomic mass is 35.5. The molecule has 0 aliphatic rings. The average molecular weight is 408 g/mol. The van der Waals surface area contributed by atoms with E-state index in [0.29, 0.717) is 10.7 Å². The Labute approximate surface area is 159 Å². The number of anilines is 2. The molecule has 0 saturated carbocycles. The molecule has 0 bridgehead atoms. The molecule has 1 N–H and O–H groups in total. The Morgan fingerprint density at radius 2 is 1.79 bits per heavy atom. The summed E-state index contributed by atoms with van der Waals surface area (Å²) in [7, 11) is 2.01. The largest absolute Gasteiger partial charge is 0.382 e. The SMILES string of the molecule is CCN(C)c1ccc(NS(=O)Oc2c(Cl)cc(Cl)cc2Cl)c(C)c1. The van der Waals surface area contributed by atoms with E-state index in [4.69, 9.17) is 39.0 Å². The van der Waals surface area contributed by atoms with E-state index in [-0.39, 0.29) is 15.8 Å². The van der Waals surface area contributed by atoms with Crippen LogP contribution in [0.15, 0.2) is 30.3 Å². The van der Waals surface area contributed by atoms with Gasteiger partial charge in [-0.05, 0) is 49.7 Å². The fourth-order valence-corrected chi connectivity index (χ4v) is 3.74. The van der Waals surface area contributed by atoms with Crippen molar-refractivity contribution in [2.45, 2.75) is 13.8 Å². The first-order valence-electron chi connectivity index (χ1n) is 7.15. The number of benzene rings is 2. The monoisotopic (exact) mass is 406 g/mol. The van der Waals surface area contributed by atoms with Gasteiger partial charge in [0.05, 0.1) is 15.7 Å². The Bertz CT molecular complexity index is 748. The molecule has 1 unspecified atom stereocenters. The van der Waals surface area contributed by atoms with Gasteiger partial charge >= 0.3 is 11.3 Å². The van der Waals surface area contributed by atoms with Crippen molar-refractivity contribution in [1.29, 1.82) is 0 Å². The van der Waals surface area contributed by atoms with Crippen LogP contribution in [0.1, 0.15) is 12.5 Å². The smallest absolute Gasteiger partial charge is 0.316 e. The molecule has 8 heteroatoms. The maximum atomic E-state index is 12.2. The van der Waals surface area contributed by atoms with Gasteiger partial charge in [-0.3, -0.25) is 4.72 Å². The third-order valence-electron chi connectivity index (χ3n) is 3.44. The second kappa shape index (κ2) is 8.30. The van der Waals surface area contributed by atoms with Crippen molar-refractivity contribution < 1.29 is 8.39 Å². The summed E-state index contributed by atoms with van der Waals surface area (Å²) in [5.74, 6) is 0.119. The van der Waals surface area contributed by atoms with Crippen molar-refractivity contribution in [2.75, 3.05) is 23.2 Å². The maximum Gasteiger partial charge on any atom is 0.316 e. The molecule has 0 aliphatic carbocycles. The number of rotatable bonds is 6. The van der Waals surface area contributed by atoms with Crippen molar-refractivity contribution in [3.05, 3.63) is 51.0 Å². The molecule has 0 amide bonds. The van der Waals surface area contributed by atoms with Gasteiger partial charge < -0.3 is 9.08 Å². The first-order chi connectivity index (χ1) is 11.3. The van der Waals surface area contributed by atoms with Crippen LogP contribution in [0.2, 0.25) is 15.1 Å². The standard InChI is InChI=1S/C16H17Cl3N2O2S/c1-4-21(3)12-5-6-15(10(2)7-12)20-24(22)23-16-13(18)8-11(17)9-14(16)19/h5-9,20H,4H2,1-3H3. The van der Waals surface area contributed by atoms with E-state index >= 15 is 0 Å². The van der Waals surface area contributed by atoms with Crippen LogP contribution >= 0.6 is 34.8 Å². The summed E-state index contributed by atoms with van der Waals surface area (Å²) >= 11 is 16.0. The highest BCUT2D eigenvalue weighted by Gasteiger charge is 2.14. The zero-order valence-corrected chi connectivity index (χ0v) is 16.5.